The van der Waals surface area contributed by atoms with E-state index in [0.717, 1.165) is 33.9 Å². The molecule has 0 atom stereocenters. The van der Waals surface area contributed by atoms with Crippen LogP contribution in [0, 0.1) is 13.8 Å². The Labute approximate surface area is 236 Å². The molecule has 0 bridgehead atoms. The number of nitrogen functional groups attached to an aromatic ring is 1. The third-order valence-corrected chi connectivity index (χ3v) is 8.42. The van der Waals surface area contributed by atoms with Crippen LogP contribution in [-0.4, -0.2) is 43.3 Å². The van der Waals surface area contributed by atoms with Crippen LogP contribution in [0.2, 0.25) is 0 Å². The smallest absolute Gasteiger partial charge is 0.333 e. The van der Waals surface area contributed by atoms with Crippen LogP contribution in [0.5, 0.6) is 0 Å². The van der Waals surface area contributed by atoms with Gasteiger partial charge < -0.3 is 10.5 Å². The van der Waals surface area contributed by atoms with Crippen molar-refractivity contribution in [1.82, 2.24) is 18.7 Å². The second-order valence-electron chi connectivity index (χ2n) is 8.86. The van der Waals surface area contributed by atoms with Crippen LogP contribution in [0.4, 0.5) is 5.82 Å². The Kier molecular flexibility index (Phi) is 8.55. The first-order valence-corrected chi connectivity index (χ1v) is 13.9. The number of rotatable bonds is 10. The second-order valence-corrected chi connectivity index (χ2v) is 11.0. The summed E-state index contributed by atoms with van der Waals surface area (Å²) in [4.78, 5) is 71.4. The summed E-state index contributed by atoms with van der Waals surface area (Å²) in [6.07, 6.45) is 1.55. The number of thioether (sulfide) groups is 1. The molecule has 0 radical (unpaired) electrons. The van der Waals surface area contributed by atoms with Gasteiger partial charge in [-0.1, -0.05) is 48.2 Å². The van der Waals surface area contributed by atoms with Gasteiger partial charge in [0.15, 0.2) is 10.9 Å². The molecule has 40 heavy (non-hydrogen) atoms. The number of carbonyl (C=O) groups is 2. The largest absolute Gasteiger partial charge is 0.468 e. The van der Waals surface area contributed by atoms with Crippen LogP contribution in [0.15, 0.2) is 62.5 Å². The Morgan fingerprint density at radius 3 is 2.45 bits per heavy atom. The summed E-state index contributed by atoms with van der Waals surface area (Å²) < 4.78 is 7.77. The number of Topliss-reactive ketones (excluding diaryl/α,β-unsaturated/α-hetero) is 1. The zero-order valence-corrected chi connectivity index (χ0v) is 23.8. The molecule has 0 aliphatic carbocycles. The Hall–Kier alpha value is -4.23. The maximum absolute atomic E-state index is 13.5. The van der Waals surface area contributed by atoms with Crippen molar-refractivity contribution in [2.75, 3.05) is 18.6 Å². The molecule has 0 spiro atoms. The van der Waals surface area contributed by atoms with Gasteiger partial charge in [0, 0.05) is 11.4 Å². The molecule has 0 saturated carbocycles. The zero-order valence-electron chi connectivity index (χ0n) is 22.1. The maximum atomic E-state index is 13.5. The summed E-state index contributed by atoms with van der Waals surface area (Å²) >= 11 is 2.35. The number of esters is 1. The number of allylic oxidation sites excluding steroid dienone is 1. The Morgan fingerprint density at radius 2 is 1.80 bits per heavy atom. The third kappa shape index (κ3) is 5.42. The summed E-state index contributed by atoms with van der Waals surface area (Å²) in [6.45, 7) is 6.92. The molecule has 4 aromatic rings. The number of anilines is 1. The average molecular weight is 582 g/mol. The summed E-state index contributed by atoms with van der Waals surface area (Å²) in [5.41, 5.74) is 5.26. The number of methoxy groups -OCH3 is 1. The third-order valence-electron chi connectivity index (χ3n) is 6.34. The van der Waals surface area contributed by atoms with E-state index in [4.69, 9.17) is 5.73 Å². The van der Waals surface area contributed by atoms with E-state index in [0.29, 0.717) is 20.3 Å². The van der Waals surface area contributed by atoms with E-state index < -0.39 is 35.1 Å². The standard InChI is InChI=1S/C27H27N5O6S2/c1-5-11-30-24(35)20-15(2)16(3)40-23(20)29-26(30)39-14-18(33)21-22(28)31(12-17-9-7-6-8-10-17)27(37)32(25(21)36)13-19(34)38-4/h5-10H,1,11-14,28H2,2-4H3. The van der Waals surface area contributed by atoms with Crippen molar-refractivity contribution < 1.29 is 14.3 Å². The molecule has 0 unspecified atom stereocenters. The van der Waals surface area contributed by atoms with E-state index in [-0.39, 0.29) is 35.4 Å². The highest BCUT2D eigenvalue weighted by atomic mass is 32.2. The number of aromatic nitrogens is 4. The summed E-state index contributed by atoms with van der Waals surface area (Å²) in [6, 6.07) is 8.86. The van der Waals surface area contributed by atoms with Crippen molar-refractivity contribution in [3.05, 3.63) is 95.7 Å². The van der Waals surface area contributed by atoms with Crippen LogP contribution in [0.1, 0.15) is 26.4 Å². The number of carbonyl (C=O) groups excluding carboxylic acids is 2. The van der Waals surface area contributed by atoms with E-state index in [1.807, 2.05) is 13.8 Å². The minimum atomic E-state index is -1.00. The predicted octanol–water partition coefficient (Wildman–Crippen LogP) is 2.36. The number of nitrogens with zero attached hydrogens (tertiary/aromatic N) is 4. The first kappa shape index (κ1) is 28.8. The molecule has 3 aromatic heterocycles. The molecule has 4 rings (SSSR count). The van der Waals surface area contributed by atoms with Gasteiger partial charge in [-0.3, -0.25) is 28.3 Å². The molecule has 11 nitrogen and oxygen atoms in total. The fraction of sp³-hybridized carbons (Fsp3) is 0.259. The minimum absolute atomic E-state index is 0.0332. The van der Waals surface area contributed by atoms with Crippen molar-refractivity contribution in [2.45, 2.75) is 38.6 Å². The molecule has 13 heteroatoms. The van der Waals surface area contributed by atoms with Gasteiger partial charge in [-0.05, 0) is 25.0 Å². The molecular formula is C27H27N5O6S2. The van der Waals surface area contributed by atoms with Gasteiger partial charge in [-0.2, -0.15) is 0 Å². The number of hydrogen-bond donors (Lipinski definition) is 1. The number of ether oxygens (including phenoxy) is 1. The van der Waals surface area contributed by atoms with Gasteiger partial charge in [0.05, 0.1) is 24.8 Å². The van der Waals surface area contributed by atoms with Crippen LogP contribution in [0.3, 0.4) is 0 Å². The van der Waals surface area contributed by atoms with Gasteiger partial charge >= 0.3 is 11.7 Å². The number of ketones is 1. The molecule has 0 fully saturated rings. The summed E-state index contributed by atoms with van der Waals surface area (Å²) in [7, 11) is 1.12. The van der Waals surface area contributed by atoms with Crippen LogP contribution < -0.4 is 22.5 Å². The number of aryl methyl sites for hydroxylation is 2. The lowest BCUT2D eigenvalue weighted by Crippen LogP contribution is -2.45. The number of benzene rings is 1. The topological polar surface area (TPSA) is 148 Å². The fourth-order valence-electron chi connectivity index (χ4n) is 4.14. The van der Waals surface area contributed by atoms with Gasteiger partial charge in [0.25, 0.3) is 11.1 Å². The first-order chi connectivity index (χ1) is 19.1. The van der Waals surface area contributed by atoms with E-state index in [9.17, 15) is 24.0 Å². The summed E-state index contributed by atoms with van der Waals surface area (Å²) in [5, 5.41) is 0.793. The Morgan fingerprint density at radius 1 is 1.10 bits per heavy atom. The van der Waals surface area contributed by atoms with Gasteiger partial charge in [-0.15, -0.1) is 17.9 Å². The van der Waals surface area contributed by atoms with Crippen molar-refractivity contribution in [3.63, 3.8) is 0 Å². The van der Waals surface area contributed by atoms with Crippen molar-refractivity contribution in [3.8, 4) is 0 Å². The number of nitrogens with two attached hydrogens (primary N) is 1. The zero-order chi connectivity index (χ0) is 29.1. The lowest BCUT2D eigenvalue weighted by atomic mass is 10.2. The highest BCUT2D eigenvalue weighted by molar-refractivity contribution is 7.99. The SMILES string of the molecule is C=CCn1c(SCC(=O)c2c(N)n(Cc3ccccc3)c(=O)n(CC(=O)OC)c2=O)nc2sc(C)c(C)c2c1=O. The van der Waals surface area contributed by atoms with Crippen LogP contribution in [0.25, 0.3) is 10.2 Å². The molecule has 0 aliphatic heterocycles. The molecule has 1 aromatic carbocycles. The average Bonchev–Trinajstić information content (AvgIpc) is 3.23. The van der Waals surface area contributed by atoms with E-state index in [1.54, 1.807) is 36.4 Å². The maximum Gasteiger partial charge on any atom is 0.333 e. The number of hydrogen-bond acceptors (Lipinski definition) is 10. The molecule has 0 saturated heterocycles. The highest BCUT2D eigenvalue weighted by Gasteiger charge is 2.25. The van der Waals surface area contributed by atoms with Gasteiger partial charge in [0.1, 0.15) is 22.8 Å². The van der Waals surface area contributed by atoms with Crippen LogP contribution >= 0.6 is 23.1 Å². The second kappa shape index (κ2) is 11.9. The van der Waals surface area contributed by atoms with E-state index in [1.165, 1.54) is 15.9 Å². The molecule has 3 heterocycles. The Bertz CT molecular complexity index is 1820. The van der Waals surface area contributed by atoms with Crippen LogP contribution in [-0.2, 0) is 29.2 Å². The van der Waals surface area contributed by atoms with Crippen molar-refractivity contribution in [2.24, 2.45) is 0 Å². The number of thiophene rings is 1. The molecular weight excluding hydrogens is 554 g/mol. The summed E-state index contributed by atoms with van der Waals surface area (Å²) in [5.74, 6) is -2.15. The predicted molar refractivity (Wildman–Crippen MR) is 156 cm³/mol. The molecule has 2 N–H and O–H groups in total. The monoisotopic (exact) mass is 581 g/mol. The normalized spacial score (nSPS) is 11.1. The minimum Gasteiger partial charge on any atom is -0.468 e. The van der Waals surface area contributed by atoms with Crippen molar-refractivity contribution in [1.29, 1.82) is 0 Å². The first-order valence-electron chi connectivity index (χ1n) is 12.1. The Balaban J connectivity index is 1.78. The molecule has 0 aliphatic rings. The molecule has 208 valence electrons. The lowest BCUT2D eigenvalue weighted by molar-refractivity contribution is -0.141. The van der Waals surface area contributed by atoms with Crippen molar-refractivity contribution >= 4 is 50.9 Å². The number of fused-ring (bicyclic) bond motifs is 1. The fourth-order valence-corrected chi connectivity index (χ4v) is 6.09. The van der Waals surface area contributed by atoms with E-state index in [2.05, 4.69) is 16.3 Å². The quantitative estimate of drug-likeness (QED) is 0.0979. The van der Waals surface area contributed by atoms with Gasteiger partial charge in [0.2, 0.25) is 0 Å². The molecule has 0 amide bonds. The highest BCUT2D eigenvalue weighted by Crippen LogP contribution is 2.28. The van der Waals surface area contributed by atoms with E-state index >= 15 is 0 Å². The lowest BCUT2D eigenvalue weighted by Gasteiger charge is -2.16. The van der Waals surface area contributed by atoms with Gasteiger partial charge in [-0.25, -0.2) is 14.3 Å².